The molecule has 0 atom stereocenters. The number of benzene rings is 2. The number of carbonyl (C=O) groups excluding carboxylic acids is 1. The van der Waals surface area contributed by atoms with Crippen molar-refractivity contribution in [3.05, 3.63) is 71.3 Å². The quantitative estimate of drug-likeness (QED) is 0.463. The van der Waals surface area contributed by atoms with E-state index in [4.69, 9.17) is 10.5 Å². The number of nitrogens with two attached hydrogens (primary N) is 1. The maximum atomic E-state index is 12.5. The summed E-state index contributed by atoms with van der Waals surface area (Å²) >= 11 is 1.19. The highest BCUT2D eigenvalue weighted by Gasteiger charge is 2.24. The number of hydrogen-bond donors (Lipinski definition) is 1. The number of pyridine rings is 1. The van der Waals surface area contributed by atoms with Crippen LogP contribution in [0.5, 0.6) is 5.75 Å². The molecular weight excluding hydrogens is 396 g/mol. The zero-order chi connectivity index (χ0) is 21.5. The summed E-state index contributed by atoms with van der Waals surface area (Å²) in [6.07, 6.45) is 0. The third-order valence-corrected chi connectivity index (χ3v) is 5.37. The van der Waals surface area contributed by atoms with E-state index in [1.165, 1.54) is 11.8 Å². The van der Waals surface area contributed by atoms with Crippen LogP contribution in [0, 0.1) is 22.7 Å². The fourth-order valence-corrected chi connectivity index (χ4v) is 3.89. The molecule has 6 nitrogen and oxygen atoms in total. The maximum Gasteiger partial charge on any atom is 0.289 e. The number of nitrogens with zero attached hydrogens (tertiary/aromatic N) is 2. The lowest BCUT2D eigenvalue weighted by Gasteiger charge is -2.11. The van der Waals surface area contributed by atoms with Gasteiger partial charge in [-0.15, -0.1) is 0 Å². The van der Waals surface area contributed by atoms with E-state index in [2.05, 4.69) is 17.1 Å². The molecule has 30 heavy (non-hydrogen) atoms. The lowest BCUT2D eigenvalue weighted by molar-refractivity contribution is -0.410. The van der Waals surface area contributed by atoms with Gasteiger partial charge >= 0.3 is 0 Å². The smallest absolute Gasteiger partial charge is 0.289 e. The van der Waals surface area contributed by atoms with Crippen LogP contribution in [0.3, 0.4) is 0 Å². The Kier molecular flexibility index (Phi) is 6.69. The van der Waals surface area contributed by atoms with Crippen molar-refractivity contribution in [2.45, 2.75) is 11.9 Å². The molecule has 0 aliphatic heterocycles. The van der Waals surface area contributed by atoms with Crippen LogP contribution in [-0.2, 0) is 0 Å². The number of ether oxygens (including phenoxy) is 1. The first-order valence-corrected chi connectivity index (χ1v) is 10.2. The van der Waals surface area contributed by atoms with E-state index in [0.717, 1.165) is 0 Å². The van der Waals surface area contributed by atoms with Gasteiger partial charge in [0.25, 0.3) is 5.82 Å². The average Bonchev–Trinajstić information content (AvgIpc) is 2.78. The van der Waals surface area contributed by atoms with Crippen molar-refractivity contribution in [2.24, 2.45) is 0 Å². The molecule has 0 saturated heterocycles. The number of ketones is 1. The van der Waals surface area contributed by atoms with Gasteiger partial charge < -0.3 is 4.74 Å². The third-order valence-electron chi connectivity index (χ3n) is 4.37. The summed E-state index contributed by atoms with van der Waals surface area (Å²) in [5.74, 6) is 0.902. The Hall–Kier alpha value is -3.81. The number of nitrogens with one attached hydrogen (secondary N) is 1. The molecule has 148 valence electrons. The van der Waals surface area contributed by atoms with Crippen molar-refractivity contribution in [3.8, 4) is 29.0 Å². The van der Waals surface area contributed by atoms with Crippen LogP contribution in [0.1, 0.15) is 28.4 Å². The number of anilines is 1. The fourth-order valence-electron chi connectivity index (χ4n) is 2.97. The van der Waals surface area contributed by atoms with Crippen LogP contribution in [0.15, 0.2) is 59.6 Å². The maximum absolute atomic E-state index is 12.5. The number of carbonyl (C=O) groups is 1. The Morgan fingerprint density at radius 2 is 1.73 bits per heavy atom. The fraction of sp³-hybridized carbons (Fsp3) is 0.130. The first kappa shape index (κ1) is 20.9. The first-order chi connectivity index (χ1) is 14.6. The number of H-pyrrole nitrogens is 1. The highest BCUT2D eigenvalue weighted by Crippen LogP contribution is 2.34. The number of nitrogen functional groups attached to an aromatic ring is 1. The van der Waals surface area contributed by atoms with Gasteiger partial charge in [-0.2, -0.15) is 10.5 Å². The lowest BCUT2D eigenvalue weighted by atomic mass is 9.97. The Labute approximate surface area is 178 Å². The van der Waals surface area contributed by atoms with E-state index in [0.29, 0.717) is 34.1 Å². The summed E-state index contributed by atoms with van der Waals surface area (Å²) in [7, 11) is 0. The Morgan fingerprint density at radius 3 is 2.33 bits per heavy atom. The van der Waals surface area contributed by atoms with Crippen molar-refractivity contribution in [2.75, 3.05) is 18.1 Å². The van der Waals surface area contributed by atoms with E-state index in [-0.39, 0.29) is 28.5 Å². The van der Waals surface area contributed by atoms with Crippen molar-refractivity contribution < 1.29 is 14.5 Å². The number of aromatic nitrogens is 1. The van der Waals surface area contributed by atoms with Crippen LogP contribution < -0.4 is 15.5 Å². The summed E-state index contributed by atoms with van der Waals surface area (Å²) < 4.78 is 5.46. The summed E-state index contributed by atoms with van der Waals surface area (Å²) in [6, 6.07) is 20.3. The number of hydrogen-bond acceptors (Lipinski definition) is 6. The number of Topliss-reactive ketones (excluding diaryl/α,β-unsaturated/α-hetero) is 1. The Morgan fingerprint density at radius 1 is 1.07 bits per heavy atom. The molecule has 0 aliphatic carbocycles. The van der Waals surface area contributed by atoms with Crippen molar-refractivity contribution in [1.82, 2.24) is 0 Å². The molecule has 0 unspecified atom stereocenters. The van der Waals surface area contributed by atoms with Crippen LogP contribution in [-0.4, -0.2) is 18.1 Å². The monoisotopic (exact) mass is 415 g/mol. The zero-order valence-electron chi connectivity index (χ0n) is 16.3. The highest BCUT2D eigenvalue weighted by atomic mass is 32.2. The molecular formula is C23H19N4O2S+. The molecule has 0 saturated carbocycles. The van der Waals surface area contributed by atoms with E-state index >= 15 is 0 Å². The van der Waals surface area contributed by atoms with Gasteiger partial charge in [-0.3, -0.25) is 10.5 Å². The second-order valence-corrected chi connectivity index (χ2v) is 7.24. The molecule has 0 amide bonds. The van der Waals surface area contributed by atoms with Gasteiger partial charge in [0.1, 0.15) is 29.0 Å². The molecule has 3 aromatic rings. The minimum Gasteiger partial charge on any atom is -0.494 e. The normalized spacial score (nSPS) is 10.1. The van der Waals surface area contributed by atoms with Gasteiger partial charge in [0, 0.05) is 11.1 Å². The van der Waals surface area contributed by atoms with Crippen molar-refractivity contribution in [1.29, 1.82) is 10.5 Å². The molecule has 7 heteroatoms. The number of nitriles is 2. The molecule has 3 N–H and O–H groups in total. The Balaban J connectivity index is 2.00. The predicted molar refractivity (Wildman–Crippen MR) is 115 cm³/mol. The van der Waals surface area contributed by atoms with E-state index in [1.807, 2.05) is 13.0 Å². The summed E-state index contributed by atoms with van der Waals surface area (Å²) in [5, 5.41) is 19.9. The van der Waals surface area contributed by atoms with Gasteiger partial charge in [-0.05, 0) is 24.6 Å². The zero-order valence-corrected chi connectivity index (χ0v) is 17.1. The van der Waals surface area contributed by atoms with Crippen molar-refractivity contribution >= 4 is 23.4 Å². The molecule has 1 aromatic heterocycles. The number of rotatable bonds is 7. The van der Waals surface area contributed by atoms with Gasteiger partial charge in [-0.1, -0.05) is 54.2 Å². The van der Waals surface area contributed by atoms with Gasteiger partial charge in [0.15, 0.2) is 10.8 Å². The summed E-state index contributed by atoms with van der Waals surface area (Å²) in [5.41, 5.74) is 8.24. The van der Waals surface area contributed by atoms with Crippen LogP contribution >= 0.6 is 11.8 Å². The topological polar surface area (TPSA) is 114 Å². The summed E-state index contributed by atoms with van der Waals surface area (Å²) in [6.45, 7) is 2.43. The molecule has 3 rings (SSSR count). The molecule has 0 spiro atoms. The first-order valence-electron chi connectivity index (χ1n) is 9.22. The van der Waals surface area contributed by atoms with E-state index < -0.39 is 0 Å². The van der Waals surface area contributed by atoms with Gasteiger partial charge in [0.05, 0.1) is 12.4 Å². The second-order valence-electron chi connectivity index (χ2n) is 6.25. The predicted octanol–water partition coefficient (Wildman–Crippen LogP) is 3.87. The molecule has 0 fully saturated rings. The Bertz CT molecular complexity index is 1150. The average molecular weight is 415 g/mol. The molecule has 0 aliphatic rings. The number of thioether (sulfide) groups is 1. The second kappa shape index (κ2) is 9.60. The largest absolute Gasteiger partial charge is 0.494 e. The minimum atomic E-state index is -0.0663. The highest BCUT2D eigenvalue weighted by molar-refractivity contribution is 7.99. The van der Waals surface area contributed by atoms with Crippen molar-refractivity contribution in [3.63, 3.8) is 0 Å². The number of aromatic amines is 1. The summed E-state index contributed by atoms with van der Waals surface area (Å²) in [4.78, 5) is 15.4. The standard InChI is InChI=1S/C23H18N4O2S/c1-2-29-17-10-8-16(9-11-17)21-18(12-24)22(26)27-23(19(21)13-25)30-14-20(28)15-6-4-3-5-7-15/h3-11H,2,14H2,1H3,(H2,26,27)/p+1. The van der Waals surface area contributed by atoms with Crippen LogP contribution in [0.25, 0.3) is 11.1 Å². The van der Waals surface area contributed by atoms with E-state index in [9.17, 15) is 15.3 Å². The van der Waals surface area contributed by atoms with Crippen LogP contribution in [0.4, 0.5) is 5.82 Å². The van der Waals surface area contributed by atoms with E-state index in [1.54, 1.807) is 48.5 Å². The van der Waals surface area contributed by atoms with Crippen LogP contribution in [0.2, 0.25) is 0 Å². The molecule has 0 radical (unpaired) electrons. The third kappa shape index (κ3) is 4.43. The van der Waals surface area contributed by atoms with Gasteiger partial charge in [-0.25, -0.2) is 4.98 Å². The minimum absolute atomic E-state index is 0.0663. The molecule has 1 heterocycles. The van der Waals surface area contributed by atoms with Gasteiger partial charge in [0.2, 0.25) is 0 Å². The molecule has 0 bridgehead atoms. The molecule has 2 aromatic carbocycles. The SMILES string of the molecule is CCOc1ccc(-c2c(C#N)c(N)[nH+]c(SCC(=O)c3ccccc3)c2C#N)cc1. The lowest BCUT2D eigenvalue weighted by Crippen LogP contribution is -2.19.